The van der Waals surface area contributed by atoms with E-state index in [1.807, 2.05) is 72.9 Å². The van der Waals surface area contributed by atoms with E-state index in [1.54, 1.807) is 25.1 Å². The van der Waals surface area contributed by atoms with Crippen LogP contribution in [0, 0.1) is 0 Å². The van der Waals surface area contributed by atoms with Crippen molar-refractivity contribution in [2.75, 3.05) is 20.8 Å². The summed E-state index contributed by atoms with van der Waals surface area (Å²) in [6, 6.07) is 21.0. The summed E-state index contributed by atoms with van der Waals surface area (Å²) < 4.78 is 12.5. The first-order chi connectivity index (χ1) is 15.7. The second-order valence-electron chi connectivity index (χ2n) is 7.07. The molecule has 32 heavy (non-hydrogen) atoms. The van der Waals surface area contributed by atoms with E-state index in [1.165, 1.54) is 0 Å². The summed E-state index contributed by atoms with van der Waals surface area (Å²) in [6.45, 7) is 0.458. The van der Waals surface area contributed by atoms with Crippen LogP contribution in [0.2, 0.25) is 0 Å². The molecule has 0 radical (unpaired) electrons. The van der Waals surface area contributed by atoms with E-state index in [0.29, 0.717) is 35.7 Å². The highest BCUT2D eigenvalue weighted by atomic mass is 16.5. The molecule has 0 aliphatic carbocycles. The maximum absolute atomic E-state index is 13.1. The lowest BCUT2D eigenvalue weighted by Crippen LogP contribution is -2.27. The van der Waals surface area contributed by atoms with Gasteiger partial charge in [0.25, 0.3) is 5.91 Å². The van der Waals surface area contributed by atoms with E-state index < -0.39 is 0 Å². The van der Waals surface area contributed by atoms with Crippen molar-refractivity contribution in [1.29, 1.82) is 0 Å². The van der Waals surface area contributed by atoms with Gasteiger partial charge < -0.3 is 14.8 Å². The quantitative estimate of drug-likeness (QED) is 0.460. The van der Waals surface area contributed by atoms with Crippen LogP contribution in [0.4, 0.5) is 0 Å². The molecular formula is C25H24N4O3. The lowest BCUT2D eigenvalue weighted by Gasteiger charge is -2.10. The van der Waals surface area contributed by atoms with Crippen molar-refractivity contribution < 1.29 is 14.3 Å². The molecule has 0 bridgehead atoms. The zero-order valence-corrected chi connectivity index (χ0v) is 18.0. The van der Waals surface area contributed by atoms with Crippen LogP contribution >= 0.6 is 0 Å². The molecule has 0 unspecified atom stereocenters. The van der Waals surface area contributed by atoms with Gasteiger partial charge in [0.05, 0.1) is 19.9 Å². The molecule has 2 aromatic carbocycles. The number of aromatic nitrogens is 3. The van der Waals surface area contributed by atoms with E-state index >= 15 is 0 Å². The fraction of sp³-hybridized carbons (Fsp3) is 0.160. The zero-order valence-electron chi connectivity index (χ0n) is 18.0. The Morgan fingerprint density at radius 1 is 0.969 bits per heavy atom. The predicted octanol–water partition coefficient (Wildman–Crippen LogP) is 3.92. The normalized spacial score (nSPS) is 10.6. The molecule has 0 spiro atoms. The van der Waals surface area contributed by atoms with Crippen molar-refractivity contribution in [1.82, 2.24) is 20.1 Å². The molecule has 0 fully saturated rings. The van der Waals surface area contributed by atoms with Crippen LogP contribution in [0.25, 0.3) is 16.8 Å². The number of hydrogen-bond acceptors (Lipinski definition) is 5. The second kappa shape index (κ2) is 9.78. The molecule has 7 nitrogen and oxygen atoms in total. The number of pyridine rings is 1. The summed E-state index contributed by atoms with van der Waals surface area (Å²) in [5.74, 6) is 0.951. The van der Waals surface area contributed by atoms with Crippen LogP contribution in [-0.2, 0) is 6.42 Å². The molecule has 1 N–H and O–H groups in total. The van der Waals surface area contributed by atoms with Crippen molar-refractivity contribution in [2.45, 2.75) is 6.42 Å². The number of para-hydroxylation sites is 1. The summed E-state index contributed by atoms with van der Waals surface area (Å²) in [4.78, 5) is 17.4. The lowest BCUT2D eigenvalue weighted by atomic mass is 10.1. The van der Waals surface area contributed by atoms with Crippen LogP contribution < -0.4 is 14.8 Å². The van der Waals surface area contributed by atoms with Crippen LogP contribution in [-0.4, -0.2) is 41.4 Å². The minimum absolute atomic E-state index is 0.250. The van der Waals surface area contributed by atoms with Gasteiger partial charge in [-0.1, -0.05) is 30.3 Å². The third-order valence-corrected chi connectivity index (χ3v) is 5.04. The van der Waals surface area contributed by atoms with Gasteiger partial charge in [-0.15, -0.1) is 0 Å². The van der Waals surface area contributed by atoms with E-state index in [-0.39, 0.29) is 5.91 Å². The number of nitrogens with zero attached hydrogens (tertiary/aromatic N) is 3. The van der Waals surface area contributed by atoms with Crippen molar-refractivity contribution in [2.24, 2.45) is 0 Å². The van der Waals surface area contributed by atoms with Gasteiger partial charge in [-0.05, 0) is 42.0 Å². The van der Waals surface area contributed by atoms with Gasteiger partial charge in [0, 0.05) is 36.6 Å². The Bertz CT molecular complexity index is 1190. The molecular weight excluding hydrogens is 404 g/mol. The Kier molecular flexibility index (Phi) is 6.46. The number of hydrogen-bond donors (Lipinski definition) is 1. The number of ether oxygens (including phenoxy) is 2. The summed E-state index contributed by atoms with van der Waals surface area (Å²) in [6.07, 6.45) is 4.23. The first-order valence-electron chi connectivity index (χ1n) is 10.2. The van der Waals surface area contributed by atoms with Gasteiger partial charge in [0.1, 0.15) is 0 Å². The highest BCUT2D eigenvalue weighted by Crippen LogP contribution is 2.34. The van der Waals surface area contributed by atoms with Crippen LogP contribution in [0.15, 0.2) is 79.1 Å². The topological polar surface area (TPSA) is 78.3 Å². The van der Waals surface area contributed by atoms with Gasteiger partial charge in [-0.3, -0.25) is 9.78 Å². The Balaban J connectivity index is 1.65. The zero-order chi connectivity index (χ0) is 22.3. The molecule has 0 aliphatic heterocycles. The standard InChI is InChI=1S/C25H24N4O3/c1-31-22-12-11-18(16-23(22)32-2)21-17-29(20-9-4-3-5-10-20)28-24(21)25(30)27-15-13-19-8-6-7-14-26-19/h3-12,14,16-17H,13,15H2,1-2H3,(H,27,30). The maximum Gasteiger partial charge on any atom is 0.272 e. The van der Waals surface area contributed by atoms with Gasteiger partial charge in [0.15, 0.2) is 17.2 Å². The highest BCUT2D eigenvalue weighted by molar-refractivity contribution is 5.99. The first kappa shape index (κ1) is 21.1. The molecule has 0 saturated carbocycles. The van der Waals surface area contributed by atoms with Gasteiger partial charge >= 0.3 is 0 Å². The summed E-state index contributed by atoms with van der Waals surface area (Å²) in [5.41, 5.74) is 3.62. The number of amides is 1. The Labute approximate surface area is 186 Å². The van der Waals surface area contributed by atoms with Gasteiger partial charge in [0.2, 0.25) is 0 Å². The number of carbonyl (C=O) groups excluding carboxylic acids is 1. The number of nitrogens with one attached hydrogen (secondary N) is 1. The number of rotatable bonds is 8. The largest absolute Gasteiger partial charge is 0.493 e. The number of benzene rings is 2. The van der Waals surface area contributed by atoms with Crippen molar-refractivity contribution >= 4 is 5.91 Å². The molecule has 162 valence electrons. The first-order valence-corrected chi connectivity index (χ1v) is 10.2. The van der Waals surface area contributed by atoms with Crippen molar-refractivity contribution in [3.63, 3.8) is 0 Å². The molecule has 0 aliphatic rings. The van der Waals surface area contributed by atoms with Gasteiger partial charge in [-0.25, -0.2) is 4.68 Å². The fourth-order valence-corrected chi connectivity index (χ4v) is 3.40. The average Bonchev–Trinajstić information content (AvgIpc) is 3.30. The van der Waals surface area contributed by atoms with E-state index in [2.05, 4.69) is 15.4 Å². The molecule has 4 rings (SSSR count). The summed E-state index contributed by atoms with van der Waals surface area (Å²) in [7, 11) is 3.17. The minimum Gasteiger partial charge on any atom is -0.493 e. The Hall–Kier alpha value is -4.13. The smallest absolute Gasteiger partial charge is 0.272 e. The van der Waals surface area contributed by atoms with Crippen molar-refractivity contribution in [3.05, 3.63) is 90.5 Å². The molecule has 0 saturated heterocycles. The lowest BCUT2D eigenvalue weighted by molar-refractivity contribution is 0.0949. The molecule has 7 heteroatoms. The Morgan fingerprint density at radius 2 is 1.75 bits per heavy atom. The number of carbonyl (C=O) groups is 1. The third kappa shape index (κ3) is 4.62. The molecule has 0 atom stereocenters. The van der Waals surface area contributed by atoms with Crippen molar-refractivity contribution in [3.8, 4) is 28.3 Å². The average molecular weight is 428 g/mol. The third-order valence-electron chi connectivity index (χ3n) is 5.04. The second-order valence-corrected chi connectivity index (χ2v) is 7.07. The predicted molar refractivity (Wildman–Crippen MR) is 122 cm³/mol. The SMILES string of the molecule is COc1ccc(-c2cn(-c3ccccc3)nc2C(=O)NCCc2ccccn2)cc1OC. The molecule has 2 aromatic heterocycles. The van der Waals surface area contributed by atoms with E-state index in [0.717, 1.165) is 16.9 Å². The summed E-state index contributed by atoms with van der Waals surface area (Å²) >= 11 is 0. The van der Waals surface area contributed by atoms with E-state index in [9.17, 15) is 4.79 Å². The maximum atomic E-state index is 13.1. The van der Waals surface area contributed by atoms with Crippen LogP contribution in [0.5, 0.6) is 11.5 Å². The fourth-order valence-electron chi connectivity index (χ4n) is 3.40. The molecule has 2 heterocycles. The monoisotopic (exact) mass is 428 g/mol. The minimum atomic E-state index is -0.250. The molecule has 4 aromatic rings. The van der Waals surface area contributed by atoms with Gasteiger partial charge in [-0.2, -0.15) is 5.10 Å². The number of methoxy groups -OCH3 is 2. The van der Waals surface area contributed by atoms with Crippen LogP contribution in [0.1, 0.15) is 16.2 Å². The highest BCUT2D eigenvalue weighted by Gasteiger charge is 2.20. The van der Waals surface area contributed by atoms with Crippen LogP contribution in [0.3, 0.4) is 0 Å². The Morgan fingerprint density at radius 3 is 2.47 bits per heavy atom. The summed E-state index contributed by atoms with van der Waals surface area (Å²) in [5, 5.41) is 7.56. The molecule has 1 amide bonds. The van der Waals surface area contributed by atoms with E-state index in [4.69, 9.17) is 9.47 Å².